The Kier molecular flexibility index (Phi) is 8.37. The predicted octanol–water partition coefficient (Wildman–Crippen LogP) is 2.95. The van der Waals surface area contributed by atoms with E-state index in [0.717, 1.165) is 0 Å². The van der Waals surface area contributed by atoms with Crippen LogP contribution >= 0.6 is 8.25 Å². The smallest absolute Gasteiger partial charge is 0.356 e. The first-order valence-electron chi connectivity index (χ1n) is 7.60. The van der Waals surface area contributed by atoms with Crippen LogP contribution in [-0.4, -0.2) is 33.9 Å². The SMILES string of the molecule is C=Cc1nccc(N2CCC(C(=O)O[P+](=O)O)C2)n1.CCCC. The van der Waals surface area contributed by atoms with Crippen molar-refractivity contribution in [2.75, 3.05) is 18.0 Å². The van der Waals surface area contributed by atoms with Crippen LogP contribution in [0.4, 0.5) is 5.82 Å². The molecule has 23 heavy (non-hydrogen) atoms. The van der Waals surface area contributed by atoms with Crippen molar-refractivity contribution in [2.45, 2.75) is 33.1 Å². The maximum Gasteiger partial charge on any atom is 0.750 e. The van der Waals surface area contributed by atoms with E-state index in [9.17, 15) is 9.36 Å². The van der Waals surface area contributed by atoms with E-state index in [1.165, 1.54) is 12.8 Å². The molecule has 0 spiro atoms. The van der Waals surface area contributed by atoms with Crippen LogP contribution in [0.1, 0.15) is 38.9 Å². The minimum absolute atomic E-state index is 0.409. The Bertz CT molecular complexity index is 551. The summed E-state index contributed by atoms with van der Waals surface area (Å²) in [7, 11) is -2.89. The van der Waals surface area contributed by atoms with Crippen LogP contribution in [0.15, 0.2) is 18.8 Å². The van der Waals surface area contributed by atoms with Gasteiger partial charge in [-0.05, 0) is 18.6 Å². The van der Waals surface area contributed by atoms with Crippen LogP contribution < -0.4 is 4.90 Å². The van der Waals surface area contributed by atoms with Gasteiger partial charge < -0.3 is 4.90 Å². The summed E-state index contributed by atoms with van der Waals surface area (Å²) >= 11 is 0. The Morgan fingerprint density at radius 2 is 2.26 bits per heavy atom. The van der Waals surface area contributed by atoms with E-state index in [0.29, 0.717) is 31.2 Å². The summed E-state index contributed by atoms with van der Waals surface area (Å²) in [4.78, 5) is 30.2. The van der Waals surface area contributed by atoms with E-state index in [-0.39, 0.29) is 0 Å². The first-order chi connectivity index (χ1) is 11.0. The maximum atomic E-state index is 11.5. The van der Waals surface area contributed by atoms with Crippen LogP contribution in [0.5, 0.6) is 0 Å². The van der Waals surface area contributed by atoms with E-state index in [2.05, 4.69) is 34.9 Å². The number of rotatable bonds is 5. The third-order valence-corrected chi connectivity index (χ3v) is 3.69. The normalized spacial score (nSPS) is 17.1. The average Bonchev–Trinajstić information content (AvgIpc) is 3.05. The van der Waals surface area contributed by atoms with Crippen LogP contribution in [0.2, 0.25) is 0 Å². The van der Waals surface area contributed by atoms with Crippen molar-refractivity contribution < 1.29 is 18.8 Å². The third-order valence-electron chi connectivity index (χ3n) is 3.36. The lowest BCUT2D eigenvalue weighted by Crippen LogP contribution is -2.24. The highest BCUT2D eigenvalue weighted by molar-refractivity contribution is 7.32. The van der Waals surface area contributed by atoms with Gasteiger partial charge in [-0.3, -0.25) is 0 Å². The van der Waals surface area contributed by atoms with E-state index >= 15 is 0 Å². The zero-order chi connectivity index (χ0) is 17.2. The Hall–Kier alpha value is -1.85. The Balaban J connectivity index is 0.000000593. The summed E-state index contributed by atoms with van der Waals surface area (Å²) in [6.45, 7) is 9.00. The zero-order valence-electron chi connectivity index (χ0n) is 13.5. The van der Waals surface area contributed by atoms with Gasteiger partial charge in [-0.1, -0.05) is 33.3 Å². The molecule has 126 valence electrons. The van der Waals surface area contributed by atoms with Crippen LogP contribution in [-0.2, 0) is 13.9 Å². The number of unbranched alkanes of at least 4 members (excludes halogenated alkanes) is 1. The topological polar surface area (TPSA) is 92.6 Å². The van der Waals surface area contributed by atoms with Gasteiger partial charge in [0.2, 0.25) is 0 Å². The molecule has 0 bridgehead atoms. The van der Waals surface area contributed by atoms with Gasteiger partial charge in [-0.2, -0.15) is 4.52 Å². The number of aromatic nitrogens is 2. The molecular weight excluding hydrogens is 317 g/mol. The zero-order valence-corrected chi connectivity index (χ0v) is 14.4. The number of nitrogens with zero attached hydrogens (tertiary/aromatic N) is 3. The molecule has 0 radical (unpaired) electrons. The first-order valence-corrected chi connectivity index (χ1v) is 8.73. The lowest BCUT2D eigenvalue weighted by molar-refractivity contribution is -0.138. The summed E-state index contributed by atoms with van der Waals surface area (Å²) in [6.07, 6.45) is 6.37. The van der Waals surface area contributed by atoms with Crippen molar-refractivity contribution in [2.24, 2.45) is 5.92 Å². The number of hydrogen-bond donors (Lipinski definition) is 1. The second kappa shape index (κ2) is 10.0. The molecule has 0 aromatic carbocycles. The Morgan fingerprint density at radius 1 is 1.57 bits per heavy atom. The van der Waals surface area contributed by atoms with Gasteiger partial charge in [-0.25, -0.2) is 14.8 Å². The molecule has 2 heterocycles. The van der Waals surface area contributed by atoms with Crippen molar-refractivity contribution in [3.05, 3.63) is 24.7 Å². The van der Waals surface area contributed by atoms with Gasteiger partial charge >= 0.3 is 14.2 Å². The highest BCUT2D eigenvalue weighted by Crippen LogP contribution is 2.26. The van der Waals surface area contributed by atoms with Crippen molar-refractivity contribution >= 4 is 26.1 Å². The molecule has 2 unspecified atom stereocenters. The maximum absolute atomic E-state index is 11.5. The molecule has 0 aliphatic carbocycles. The van der Waals surface area contributed by atoms with E-state index in [1.54, 1.807) is 18.3 Å². The molecule has 7 nitrogen and oxygen atoms in total. The van der Waals surface area contributed by atoms with Gasteiger partial charge in [0.05, 0.1) is 5.92 Å². The molecule has 1 N–H and O–H groups in total. The predicted molar refractivity (Wildman–Crippen MR) is 88.9 cm³/mol. The standard InChI is InChI=1S/C11H12N3O4P.C4H10/c1-2-9-12-5-3-10(13-9)14-6-4-8(7-14)11(15)18-19(16)17;1-3-4-2/h2-3,5,8H,1,4,6-7H2;3-4H2,1-2H3/p+1. The fourth-order valence-electron chi connectivity index (χ4n) is 1.95. The van der Waals surface area contributed by atoms with Crippen molar-refractivity contribution in [1.29, 1.82) is 0 Å². The summed E-state index contributed by atoms with van der Waals surface area (Å²) in [6, 6.07) is 1.74. The van der Waals surface area contributed by atoms with Crippen molar-refractivity contribution in [3.8, 4) is 0 Å². The second-order valence-corrected chi connectivity index (χ2v) is 5.72. The number of carbonyl (C=O) groups excluding carboxylic acids is 1. The number of anilines is 1. The molecule has 2 atom stereocenters. The number of hydrogen-bond acceptors (Lipinski definition) is 6. The van der Waals surface area contributed by atoms with Crippen molar-refractivity contribution in [3.63, 3.8) is 0 Å². The Labute approximate surface area is 137 Å². The van der Waals surface area contributed by atoms with Gasteiger partial charge in [0.1, 0.15) is 5.82 Å². The summed E-state index contributed by atoms with van der Waals surface area (Å²) < 4.78 is 14.8. The quantitative estimate of drug-likeness (QED) is 0.824. The molecule has 2 rings (SSSR count). The van der Waals surface area contributed by atoms with Gasteiger partial charge in [0.25, 0.3) is 0 Å². The molecule has 0 amide bonds. The second-order valence-electron chi connectivity index (χ2n) is 5.06. The number of carbonyl (C=O) groups is 1. The summed E-state index contributed by atoms with van der Waals surface area (Å²) in [5, 5.41) is 0. The molecule has 1 aromatic rings. The monoisotopic (exact) mass is 340 g/mol. The lowest BCUT2D eigenvalue weighted by Gasteiger charge is -2.16. The van der Waals surface area contributed by atoms with Crippen LogP contribution in [0, 0.1) is 5.92 Å². The molecule has 1 aliphatic rings. The average molecular weight is 340 g/mol. The fourth-order valence-corrected chi connectivity index (χ4v) is 2.25. The summed E-state index contributed by atoms with van der Waals surface area (Å²) in [5.41, 5.74) is 0. The molecule has 1 saturated heterocycles. The largest absolute Gasteiger partial charge is 0.750 e. The van der Waals surface area contributed by atoms with E-state index < -0.39 is 20.1 Å². The van der Waals surface area contributed by atoms with Crippen molar-refractivity contribution in [1.82, 2.24) is 9.97 Å². The molecule has 1 fully saturated rings. The molecule has 1 aliphatic heterocycles. The van der Waals surface area contributed by atoms with Gasteiger partial charge in [0, 0.05) is 23.9 Å². The first kappa shape index (κ1) is 19.2. The van der Waals surface area contributed by atoms with Gasteiger partial charge in [0.15, 0.2) is 5.82 Å². The van der Waals surface area contributed by atoms with Crippen LogP contribution in [0.3, 0.4) is 0 Å². The minimum Gasteiger partial charge on any atom is -0.356 e. The fraction of sp³-hybridized carbons (Fsp3) is 0.533. The van der Waals surface area contributed by atoms with E-state index in [4.69, 9.17) is 4.89 Å². The Morgan fingerprint density at radius 3 is 2.83 bits per heavy atom. The van der Waals surface area contributed by atoms with Gasteiger partial charge in [-0.15, -0.1) is 4.89 Å². The highest BCUT2D eigenvalue weighted by atomic mass is 31.1. The van der Waals surface area contributed by atoms with E-state index in [1.807, 2.05) is 4.90 Å². The third kappa shape index (κ3) is 6.42. The highest BCUT2D eigenvalue weighted by Gasteiger charge is 2.35. The summed E-state index contributed by atoms with van der Waals surface area (Å²) in [5.74, 6) is 0.160. The molecule has 1 aromatic heterocycles. The molecular formula is C15H23N3O4P+. The van der Waals surface area contributed by atoms with Crippen LogP contribution in [0.25, 0.3) is 6.08 Å². The molecule has 0 saturated carbocycles. The molecule has 8 heteroatoms. The lowest BCUT2D eigenvalue weighted by atomic mass is 10.1. The minimum atomic E-state index is -2.89.